The first-order chi connectivity index (χ1) is 40.0. The average molecular weight is 1140 g/mol. The van der Waals surface area contributed by atoms with E-state index in [0.29, 0.717) is 19.3 Å². The summed E-state index contributed by atoms with van der Waals surface area (Å²) < 4.78 is 16.8. The van der Waals surface area contributed by atoms with Crippen molar-refractivity contribution >= 4 is 17.9 Å². The Bertz CT molecular complexity index is 1260. The SMILES string of the molecule is CCCCCCCCCC/C=C\CCCCCCCCCCCCCCCCCCCCCCCC(=O)OCC(COC(=O)CCCCCCC)OC(=O)CCCCCCCCCCCCCCCCCCCCCCCCCCC. The standard InChI is InChI=1S/C75H144O6/c1-4-7-10-13-15-17-19-21-23-25-27-29-31-33-34-35-36-37-38-39-40-42-43-45-47-49-51-53-55-57-59-62-65-68-74(77)80-71-72(70-79-73(76)67-64-61-12-9-6-3)81-75(78)69-66-63-60-58-56-54-52-50-48-46-44-41-32-30-28-26-24-22-20-18-16-14-11-8-5-2/h25,27,72H,4-24,26,28-71H2,1-3H3/b27-25-. The Balaban J connectivity index is 3.86. The van der Waals surface area contributed by atoms with E-state index in [4.69, 9.17) is 14.2 Å². The summed E-state index contributed by atoms with van der Waals surface area (Å²) in [6.45, 7) is 6.65. The Hall–Kier alpha value is -1.85. The lowest BCUT2D eigenvalue weighted by atomic mass is 10.0. The molecule has 0 saturated heterocycles. The molecule has 0 aromatic heterocycles. The normalized spacial score (nSPS) is 12.0. The molecular weight excluding hydrogens is 997 g/mol. The number of carbonyl (C=O) groups is 3. The van der Waals surface area contributed by atoms with Gasteiger partial charge in [0.2, 0.25) is 0 Å². The van der Waals surface area contributed by atoms with Gasteiger partial charge in [-0.05, 0) is 44.9 Å². The number of esters is 3. The molecular formula is C75H144O6. The Labute approximate surface area is 507 Å². The smallest absolute Gasteiger partial charge is 0.306 e. The highest BCUT2D eigenvalue weighted by atomic mass is 16.6. The topological polar surface area (TPSA) is 78.9 Å². The van der Waals surface area contributed by atoms with Crippen molar-refractivity contribution in [3.63, 3.8) is 0 Å². The van der Waals surface area contributed by atoms with Crippen LogP contribution in [0.15, 0.2) is 12.2 Å². The van der Waals surface area contributed by atoms with Gasteiger partial charge in [0.1, 0.15) is 13.2 Å². The maximum atomic E-state index is 12.9. The second-order valence-electron chi connectivity index (χ2n) is 25.6. The van der Waals surface area contributed by atoms with Gasteiger partial charge in [-0.15, -0.1) is 0 Å². The molecule has 1 unspecified atom stereocenters. The van der Waals surface area contributed by atoms with Crippen LogP contribution in [-0.4, -0.2) is 37.2 Å². The molecule has 0 N–H and O–H groups in total. The van der Waals surface area contributed by atoms with E-state index in [-0.39, 0.29) is 31.1 Å². The summed E-state index contributed by atoms with van der Waals surface area (Å²) in [5.41, 5.74) is 0. The average Bonchev–Trinajstić information content (AvgIpc) is 3.47. The fourth-order valence-corrected chi connectivity index (χ4v) is 11.7. The van der Waals surface area contributed by atoms with Crippen LogP contribution >= 0.6 is 0 Å². The van der Waals surface area contributed by atoms with Crippen molar-refractivity contribution in [3.05, 3.63) is 12.2 Å². The van der Waals surface area contributed by atoms with Gasteiger partial charge in [-0.3, -0.25) is 14.4 Å². The predicted octanol–water partition coefficient (Wildman–Crippen LogP) is 25.6. The molecule has 6 nitrogen and oxygen atoms in total. The number of allylic oxidation sites excluding steroid dienone is 2. The molecule has 81 heavy (non-hydrogen) atoms. The van der Waals surface area contributed by atoms with E-state index in [0.717, 1.165) is 64.2 Å². The molecule has 0 radical (unpaired) electrons. The lowest BCUT2D eigenvalue weighted by molar-refractivity contribution is -0.167. The highest BCUT2D eigenvalue weighted by Crippen LogP contribution is 2.20. The number of unbranched alkanes of at least 4 members (excludes halogenated alkanes) is 57. The molecule has 0 aliphatic rings. The van der Waals surface area contributed by atoms with Crippen LogP contribution in [0, 0.1) is 0 Å². The molecule has 0 heterocycles. The van der Waals surface area contributed by atoms with E-state index >= 15 is 0 Å². The third kappa shape index (κ3) is 68.8. The lowest BCUT2D eigenvalue weighted by Gasteiger charge is -2.18. The number of carbonyl (C=O) groups excluding carboxylic acids is 3. The van der Waals surface area contributed by atoms with Gasteiger partial charge >= 0.3 is 17.9 Å². The van der Waals surface area contributed by atoms with E-state index in [1.807, 2.05) is 0 Å². The highest BCUT2D eigenvalue weighted by molar-refractivity contribution is 5.71. The third-order valence-corrected chi connectivity index (χ3v) is 17.3. The second kappa shape index (κ2) is 70.6. The summed E-state index contributed by atoms with van der Waals surface area (Å²) in [6, 6.07) is 0. The first-order valence-corrected chi connectivity index (χ1v) is 37.2. The van der Waals surface area contributed by atoms with E-state index in [2.05, 4.69) is 32.9 Å². The highest BCUT2D eigenvalue weighted by Gasteiger charge is 2.20. The summed E-state index contributed by atoms with van der Waals surface area (Å²) in [5, 5.41) is 0. The molecule has 1 atom stereocenters. The van der Waals surface area contributed by atoms with Crippen LogP contribution in [0.3, 0.4) is 0 Å². The largest absolute Gasteiger partial charge is 0.462 e. The maximum Gasteiger partial charge on any atom is 0.306 e. The van der Waals surface area contributed by atoms with Crippen molar-refractivity contribution in [1.29, 1.82) is 0 Å². The summed E-state index contributed by atoms with van der Waals surface area (Å²) in [5.74, 6) is -0.844. The molecule has 0 fully saturated rings. The maximum absolute atomic E-state index is 12.9. The molecule has 0 rings (SSSR count). The van der Waals surface area contributed by atoms with Crippen LogP contribution in [0.2, 0.25) is 0 Å². The lowest BCUT2D eigenvalue weighted by Crippen LogP contribution is -2.30. The fourth-order valence-electron chi connectivity index (χ4n) is 11.7. The van der Waals surface area contributed by atoms with Crippen molar-refractivity contribution < 1.29 is 28.6 Å². The van der Waals surface area contributed by atoms with E-state index in [1.165, 1.54) is 327 Å². The first kappa shape index (κ1) is 79.2. The zero-order chi connectivity index (χ0) is 58.5. The number of hydrogen-bond donors (Lipinski definition) is 0. The Morgan fingerprint density at radius 1 is 0.235 bits per heavy atom. The molecule has 0 aliphatic carbocycles. The van der Waals surface area contributed by atoms with Crippen molar-refractivity contribution in [3.8, 4) is 0 Å². The predicted molar refractivity (Wildman–Crippen MR) is 353 cm³/mol. The fraction of sp³-hybridized carbons (Fsp3) is 0.933. The summed E-state index contributed by atoms with van der Waals surface area (Å²) >= 11 is 0. The molecule has 0 aliphatic heterocycles. The van der Waals surface area contributed by atoms with Crippen LogP contribution in [0.25, 0.3) is 0 Å². The molecule has 0 aromatic rings. The van der Waals surface area contributed by atoms with E-state index in [1.54, 1.807) is 0 Å². The van der Waals surface area contributed by atoms with Gasteiger partial charge in [0.15, 0.2) is 6.10 Å². The molecule has 0 amide bonds. The number of rotatable bonds is 70. The van der Waals surface area contributed by atoms with Crippen molar-refractivity contribution in [2.24, 2.45) is 0 Å². The van der Waals surface area contributed by atoms with Gasteiger partial charge in [0.05, 0.1) is 0 Å². The molecule has 0 spiro atoms. The van der Waals surface area contributed by atoms with Crippen molar-refractivity contribution in [2.75, 3.05) is 13.2 Å². The zero-order valence-corrected chi connectivity index (χ0v) is 55.4. The van der Waals surface area contributed by atoms with Gasteiger partial charge in [0, 0.05) is 19.3 Å². The minimum absolute atomic E-state index is 0.0633. The molecule has 0 bridgehead atoms. The zero-order valence-electron chi connectivity index (χ0n) is 55.4. The molecule has 0 saturated carbocycles. The molecule has 480 valence electrons. The Morgan fingerprint density at radius 2 is 0.407 bits per heavy atom. The Morgan fingerprint density at radius 3 is 0.617 bits per heavy atom. The first-order valence-electron chi connectivity index (χ1n) is 37.2. The number of ether oxygens (including phenoxy) is 3. The second-order valence-corrected chi connectivity index (χ2v) is 25.6. The monoisotopic (exact) mass is 1140 g/mol. The van der Waals surface area contributed by atoms with E-state index in [9.17, 15) is 14.4 Å². The van der Waals surface area contributed by atoms with Crippen LogP contribution < -0.4 is 0 Å². The van der Waals surface area contributed by atoms with Crippen molar-refractivity contribution in [1.82, 2.24) is 0 Å². The van der Waals surface area contributed by atoms with Gasteiger partial charge in [0.25, 0.3) is 0 Å². The van der Waals surface area contributed by atoms with Gasteiger partial charge in [-0.2, -0.15) is 0 Å². The van der Waals surface area contributed by atoms with Gasteiger partial charge in [-0.25, -0.2) is 0 Å². The van der Waals surface area contributed by atoms with Gasteiger partial charge in [-0.1, -0.05) is 380 Å². The van der Waals surface area contributed by atoms with Crippen molar-refractivity contribution in [2.45, 2.75) is 438 Å². The summed E-state index contributed by atoms with van der Waals surface area (Å²) in [7, 11) is 0. The number of hydrogen-bond acceptors (Lipinski definition) is 6. The van der Waals surface area contributed by atoms with E-state index < -0.39 is 6.10 Å². The molecule has 6 heteroatoms. The molecule has 0 aromatic carbocycles. The minimum Gasteiger partial charge on any atom is -0.462 e. The minimum atomic E-state index is -0.763. The van der Waals surface area contributed by atoms with Crippen LogP contribution in [0.5, 0.6) is 0 Å². The van der Waals surface area contributed by atoms with Crippen LogP contribution in [-0.2, 0) is 28.6 Å². The summed E-state index contributed by atoms with van der Waals surface area (Å²) in [4.78, 5) is 38.0. The van der Waals surface area contributed by atoms with Crippen LogP contribution in [0.1, 0.15) is 432 Å². The third-order valence-electron chi connectivity index (χ3n) is 17.3. The van der Waals surface area contributed by atoms with Gasteiger partial charge < -0.3 is 14.2 Å². The van der Waals surface area contributed by atoms with Crippen LogP contribution in [0.4, 0.5) is 0 Å². The quantitative estimate of drug-likeness (QED) is 0.0261. The Kier molecular flexibility index (Phi) is 69.0. The summed E-state index contributed by atoms with van der Waals surface area (Å²) in [6.07, 6.45) is 86.1.